The van der Waals surface area contributed by atoms with Crippen LogP contribution >= 0.6 is 35.2 Å². The fourth-order valence-electron chi connectivity index (χ4n) is 3.06. The number of phenolic OH excluding ortho intramolecular Hbond substituents is 1. The van der Waals surface area contributed by atoms with Crippen LogP contribution in [-0.4, -0.2) is 15.2 Å². The van der Waals surface area contributed by atoms with Gasteiger partial charge in [0.2, 0.25) is 0 Å². The lowest BCUT2D eigenvalue weighted by molar-refractivity contribution is 0.473. The number of aromatic nitrogens is 1. The van der Waals surface area contributed by atoms with Crippen LogP contribution in [0.5, 0.6) is 5.75 Å². The first-order chi connectivity index (χ1) is 12.1. The number of halogens is 1. The van der Waals surface area contributed by atoms with E-state index in [9.17, 15) is 5.11 Å². The Kier molecular flexibility index (Phi) is 4.33. The number of hydrogen-bond donors (Lipinski definition) is 2. The lowest BCUT2D eigenvalue weighted by Crippen LogP contribution is -2.29. The summed E-state index contributed by atoms with van der Waals surface area (Å²) in [6.45, 7) is 0. The van der Waals surface area contributed by atoms with Crippen LogP contribution < -0.4 is 10.2 Å². The van der Waals surface area contributed by atoms with Crippen molar-refractivity contribution < 1.29 is 5.11 Å². The number of nitrogens with one attached hydrogen (secondary N) is 1. The molecule has 126 valence electrons. The number of thiophene rings is 1. The van der Waals surface area contributed by atoms with Crippen molar-refractivity contribution in [2.75, 3.05) is 4.90 Å². The van der Waals surface area contributed by atoms with Crippen molar-refractivity contribution in [1.82, 2.24) is 10.3 Å². The Hall–Kier alpha value is -2.15. The number of thiocarbonyl (C=S) groups is 1. The number of hydrogen-bond acceptors (Lipinski definition) is 4. The predicted octanol–water partition coefficient (Wildman–Crippen LogP) is 4.68. The van der Waals surface area contributed by atoms with Crippen LogP contribution in [0.3, 0.4) is 0 Å². The molecule has 4 rings (SSSR count). The largest absolute Gasteiger partial charge is 0.506 e. The first kappa shape index (κ1) is 16.3. The van der Waals surface area contributed by atoms with Gasteiger partial charge in [-0.25, -0.2) is 0 Å². The van der Waals surface area contributed by atoms with Crippen molar-refractivity contribution in [1.29, 1.82) is 0 Å². The SMILES string of the molecule is Oc1ccccc1N1C(=S)N[C@@H](c2ccccn2)[C@@H]1c1ccc(Cl)s1. The highest BCUT2D eigenvalue weighted by molar-refractivity contribution is 7.80. The molecule has 2 N–H and O–H groups in total. The highest BCUT2D eigenvalue weighted by Gasteiger charge is 2.42. The number of anilines is 1. The van der Waals surface area contributed by atoms with E-state index < -0.39 is 0 Å². The normalized spacial score (nSPS) is 19.9. The molecule has 7 heteroatoms. The zero-order valence-electron chi connectivity index (χ0n) is 13.0. The van der Waals surface area contributed by atoms with Crippen LogP contribution in [0.25, 0.3) is 0 Å². The highest BCUT2D eigenvalue weighted by Crippen LogP contribution is 2.46. The molecule has 0 spiro atoms. The van der Waals surface area contributed by atoms with Gasteiger partial charge in [-0.1, -0.05) is 29.8 Å². The van der Waals surface area contributed by atoms with Gasteiger partial charge in [-0.3, -0.25) is 4.98 Å². The molecule has 1 saturated heterocycles. The standard InChI is InChI=1S/C18H14ClN3OS2/c19-15-9-8-14(25-15)17-16(11-5-3-4-10-20-11)21-18(24)22(17)12-6-1-2-7-13(12)23/h1-10,16-17,23H,(H,21,24)/t16-,17-/m0/s1. The number of aromatic hydroxyl groups is 1. The molecule has 0 unspecified atom stereocenters. The predicted molar refractivity (Wildman–Crippen MR) is 105 cm³/mol. The number of phenols is 1. The molecule has 0 saturated carbocycles. The quantitative estimate of drug-likeness (QED) is 0.639. The Bertz CT molecular complexity index is 915. The zero-order valence-corrected chi connectivity index (χ0v) is 15.4. The molecule has 3 heterocycles. The average molecular weight is 388 g/mol. The van der Waals surface area contributed by atoms with Gasteiger partial charge in [-0.05, 0) is 48.6 Å². The molecule has 25 heavy (non-hydrogen) atoms. The third-order valence-corrected chi connectivity index (χ3v) is 5.74. The van der Waals surface area contributed by atoms with E-state index in [1.165, 1.54) is 11.3 Å². The number of nitrogens with zero attached hydrogens (tertiary/aromatic N) is 2. The minimum atomic E-state index is -0.145. The first-order valence-electron chi connectivity index (χ1n) is 7.69. The van der Waals surface area contributed by atoms with E-state index in [1.807, 2.05) is 47.4 Å². The summed E-state index contributed by atoms with van der Waals surface area (Å²) in [4.78, 5) is 7.48. The summed E-state index contributed by atoms with van der Waals surface area (Å²) in [5, 5.41) is 14.2. The Morgan fingerprint density at radius 2 is 1.92 bits per heavy atom. The lowest BCUT2D eigenvalue weighted by atomic mass is 10.0. The molecular formula is C18H14ClN3OS2. The minimum Gasteiger partial charge on any atom is -0.506 e. The van der Waals surface area contributed by atoms with Gasteiger partial charge < -0.3 is 15.3 Å². The first-order valence-corrected chi connectivity index (χ1v) is 9.29. The molecule has 1 aliphatic rings. The van der Waals surface area contributed by atoms with E-state index in [2.05, 4.69) is 10.3 Å². The zero-order chi connectivity index (χ0) is 17.4. The fourth-order valence-corrected chi connectivity index (χ4v) is 4.59. The van der Waals surface area contributed by atoms with E-state index in [0.717, 1.165) is 10.6 Å². The molecule has 0 amide bonds. The third-order valence-electron chi connectivity index (χ3n) is 4.12. The molecular weight excluding hydrogens is 374 g/mol. The van der Waals surface area contributed by atoms with Crippen LogP contribution in [0.4, 0.5) is 5.69 Å². The van der Waals surface area contributed by atoms with Crippen LogP contribution in [0.2, 0.25) is 4.34 Å². The summed E-state index contributed by atoms with van der Waals surface area (Å²) in [6, 6.07) is 16.6. The maximum Gasteiger partial charge on any atom is 0.174 e. The third kappa shape index (κ3) is 2.97. The molecule has 4 nitrogen and oxygen atoms in total. The van der Waals surface area contributed by atoms with Crippen LogP contribution in [0.1, 0.15) is 22.7 Å². The number of para-hydroxylation sites is 2. The van der Waals surface area contributed by atoms with Crippen LogP contribution in [0.15, 0.2) is 60.8 Å². The summed E-state index contributed by atoms with van der Waals surface area (Å²) >= 11 is 13.3. The second-order valence-electron chi connectivity index (χ2n) is 5.63. The molecule has 2 aromatic heterocycles. The summed E-state index contributed by atoms with van der Waals surface area (Å²) in [5.74, 6) is 0.181. The van der Waals surface area contributed by atoms with Gasteiger partial charge in [-0.2, -0.15) is 0 Å². The van der Waals surface area contributed by atoms with Crippen molar-refractivity contribution in [3.8, 4) is 5.75 Å². The van der Waals surface area contributed by atoms with Crippen molar-refractivity contribution in [3.05, 3.63) is 75.7 Å². The number of pyridine rings is 1. The molecule has 1 aliphatic heterocycles. The molecule has 0 bridgehead atoms. The van der Waals surface area contributed by atoms with Gasteiger partial charge in [-0.15, -0.1) is 11.3 Å². The number of rotatable bonds is 3. The van der Waals surface area contributed by atoms with Crippen molar-refractivity contribution in [3.63, 3.8) is 0 Å². The van der Waals surface area contributed by atoms with Crippen molar-refractivity contribution in [2.45, 2.75) is 12.1 Å². The van der Waals surface area contributed by atoms with E-state index >= 15 is 0 Å². The molecule has 2 atom stereocenters. The summed E-state index contributed by atoms with van der Waals surface area (Å²) in [7, 11) is 0. The minimum absolute atomic E-state index is 0.136. The Labute approximate surface area is 159 Å². The van der Waals surface area contributed by atoms with Gasteiger partial charge in [0.25, 0.3) is 0 Å². The second kappa shape index (κ2) is 6.63. The topological polar surface area (TPSA) is 48.4 Å². The fraction of sp³-hybridized carbons (Fsp3) is 0.111. The maximum absolute atomic E-state index is 10.3. The van der Waals surface area contributed by atoms with E-state index in [-0.39, 0.29) is 17.8 Å². The van der Waals surface area contributed by atoms with Crippen LogP contribution in [-0.2, 0) is 0 Å². The van der Waals surface area contributed by atoms with Gasteiger partial charge in [0.15, 0.2) is 5.11 Å². The monoisotopic (exact) mass is 387 g/mol. The molecule has 1 fully saturated rings. The highest BCUT2D eigenvalue weighted by atomic mass is 35.5. The van der Waals surface area contributed by atoms with E-state index in [4.69, 9.17) is 23.8 Å². The molecule has 3 aromatic rings. The van der Waals surface area contributed by atoms with Gasteiger partial charge in [0.05, 0.1) is 27.8 Å². The van der Waals surface area contributed by atoms with Gasteiger partial charge >= 0.3 is 0 Å². The molecule has 0 aliphatic carbocycles. The molecule has 0 radical (unpaired) electrons. The summed E-state index contributed by atoms with van der Waals surface area (Å²) < 4.78 is 0.713. The number of benzene rings is 1. The summed E-state index contributed by atoms with van der Waals surface area (Å²) in [6.07, 6.45) is 1.77. The Balaban J connectivity index is 1.85. The van der Waals surface area contributed by atoms with Crippen molar-refractivity contribution in [2.24, 2.45) is 0 Å². The Morgan fingerprint density at radius 1 is 1.12 bits per heavy atom. The maximum atomic E-state index is 10.3. The average Bonchev–Trinajstić information content (AvgIpc) is 3.19. The van der Waals surface area contributed by atoms with E-state index in [0.29, 0.717) is 15.1 Å². The van der Waals surface area contributed by atoms with Gasteiger partial charge in [0, 0.05) is 11.1 Å². The Morgan fingerprint density at radius 3 is 2.60 bits per heavy atom. The van der Waals surface area contributed by atoms with Crippen molar-refractivity contribution >= 4 is 46.0 Å². The van der Waals surface area contributed by atoms with Crippen LogP contribution in [0, 0.1) is 0 Å². The summed E-state index contributed by atoms with van der Waals surface area (Å²) in [5.41, 5.74) is 1.55. The molecule has 1 aromatic carbocycles. The smallest absolute Gasteiger partial charge is 0.174 e. The van der Waals surface area contributed by atoms with E-state index in [1.54, 1.807) is 18.3 Å². The van der Waals surface area contributed by atoms with Gasteiger partial charge in [0.1, 0.15) is 5.75 Å². The lowest BCUT2D eigenvalue weighted by Gasteiger charge is -2.27. The second-order valence-corrected chi connectivity index (χ2v) is 7.76.